The van der Waals surface area contributed by atoms with E-state index in [1.165, 1.54) is 6.08 Å². The van der Waals surface area contributed by atoms with E-state index in [1.807, 2.05) is 0 Å². The first-order valence-electron chi connectivity index (χ1n) is 5.60. The normalized spacial score (nSPS) is 15.8. The summed E-state index contributed by atoms with van der Waals surface area (Å²) in [5.74, 6) is -0.293. The first-order chi connectivity index (χ1) is 8.74. The van der Waals surface area contributed by atoms with Gasteiger partial charge in [0, 0.05) is 25.1 Å². The van der Waals surface area contributed by atoms with E-state index in [0.717, 1.165) is 0 Å². The quantitative estimate of drug-likeness (QED) is 0.772. The highest BCUT2D eigenvalue weighted by atomic mass is 19.1. The number of amides is 1. The lowest BCUT2D eigenvalue weighted by atomic mass is 10.1. The lowest BCUT2D eigenvalue weighted by Crippen LogP contribution is -2.34. The summed E-state index contributed by atoms with van der Waals surface area (Å²) in [6.45, 7) is 0.704. The maximum atomic E-state index is 12.9. The van der Waals surface area contributed by atoms with Crippen molar-refractivity contribution in [2.75, 3.05) is 13.1 Å². The minimum absolute atomic E-state index is 0.136. The molecule has 0 saturated heterocycles. The molecule has 3 rings (SSSR count). The molecule has 0 N–H and O–H groups in total. The van der Waals surface area contributed by atoms with Gasteiger partial charge in [0.1, 0.15) is 11.0 Å². The number of aromatic nitrogens is 2. The van der Waals surface area contributed by atoms with Crippen molar-refractivity contribution in [1.29, 1.82) is 0 Å². The van der Waals surface area contributed by atoms with Crippen LogP contribution < -0.4 is 0 Å². The molecule has 2 aromatic rings. The van der Waals surface area contributed by atoms with E-state index in [1.54, 1.807) is 23.1 Å². The average molecular weight is 247 g/mol. The summed E-state index contributed by atoms with van der Waals surface area (Å²) in [7, 11) is 0. The van der Waals surface area contributed by atoms with Crippen LogP contribution in [0.1, 0.15) is 16.8 Å². The molecule has 0 aliphatic carbocycles. The Morgan fingerprint density at radius 2 is 2.17 bits per heavy atom. The molecule has 1 aromatic heterocycles. The zero-order chi connectivity index (χ0) is 12.5. The lowest BCUT2D eigenvalue weighted by molar-refractivity contribution is 0.0765. The van der Waals surface area contributed by atoms with E-state index in [4.69, 9.17) is 0 Å². The minimum Gasteiger partial charge on any atom is -0.334 e. The fourth-order valence-corrected chi connectivity index (χ4v) is 1.93. The van der Waals surface area contributed by atoms with Gasteiger partial charge in [-0.1, -0.05) is 0 Å². The summed E-state index contributed by atoms with van der Waals surface area (Å²) in [6, 6.07) is 4.98. The summed E-state index contributed by atoms with van der Waals surface area (Å²) in [5.41, 5.74) is 1.66. The Kier molecular flexibility index (Phi) is 2.55. The second-order valence-electron chi connectivity index (χ2n) is 4.12. The predicted octanol–water partition coefficient (Wildman–Crippen LogP) is 1.92. The molecular weight excluding hydrogens is 237 g/mol. The Morgan fingerprint density at radius 1 is 1.33 bits per heavy atom. The molecule has 0 spiro atoms. The maximum Gasteiger partial charge on any atom is 0.254 e. The van der Waals surface area contributed by atoms with Gasteiger partial charge >= 0.3 is 0 Å². The molecule has 0 unspecified atom stereocenters. The van der Waals surface area contributed by atoms with Gasteiger partial charge in [0.25, 0.3) is 5.91 Å². The highest BCUT2D eigenvalue weighted by molar-refractivity contribution is 5.97. The number of rotatable bonds is 1. The van der Waals surface area contributed by atoms with Crippen molar-refractivity contribution in [3.05, 3.63) is 35.7 Å². The summed E-state index contributed by atoms with van der Waals surface area (Å²) in [5, 5.41) is 7.36. The molecule has 92 valence electrons. The Morgan fingerprint density at radius 3 is 2.94 bits per heavy atom. The van der Waals surface area contributed by atoms with Gasteiger partial charge in [-0.25, -0.2) is 9.02 Å². The van der Waals surface area contributed by atoms with Crippen LogP contribution in [-0.2, 0) is 0 Å². The molecular formula is C12H10FN3O2. The molecule has 0 bridgehead atoms. The van der Waals surface area contributed by atoms with Gasteiger partial charge in [0.15, 0.2) is 0 Å². The van der Waals surface area contributed by atoms with Gasteiger partial charge in [-0.05, 0) is 34.6 Å². The van der Waals surface area contributed by atoms with Gasteiger partial charge in [-0.3, -0.25) is 4.79 Å². The van der Waals surface area contributed by atoms with Crippen molar-refractivity contribution in [2.24, 2.45) is 0 Å². The fraction of sp³-hybridized carbons (Fsp3) is 0.250. The van der Waals surface area contributed by atoms with E-state index in [0.29, 0.717) is 29.7 Å². The Labute approximate surface area is 102 Å². The van der Waals surface area contributed by atoms with Crippen LogP contribution in [0.15, 0.2) is 34.7 Å². The third kappa shape index (κ3) is 1.85. The molecule has 1 amide bonds. The van der Waals surface area contributed by atoms with Crippen molar-refractivity contribution < 1.29 is 13.8 Å². The zero-order valence-corrected chi connectivity index (χ0v) is 9.47. The largest absolute Gasteiger partial charge is 0.334 e. The third-order valence-corrected chi connectivity index (χ3v) is 2.94. The monoisotopic (exact) mass is 247 g/mol. The summed E-state index contributed by atoms with van der Waals surface area (Å²) in [6.07, 6.45) is 1.71. The molecule has 1 aliphatic heterocycles. The second-order valence-corrected chi connectivity index (χ2v) is 4.12. The first kappa shape index (κ1) is 10.9. The molecule has 0 atom stereocenters. The number of nitrogens with zero attached hydrogens (tertiary/aromatic N) is 3. The zero-order valence-electron chi connectivity index (χ0n) is 9.47. The van der Waals surface area contributed by atoms with Crippen LogP contribution in [0.25, 0.3) is 11.0 Å². The Bertz CT molecular complexity index is 635. The molecule has 1 aliphatic rings. The van der Waals surface area contributed by atoms with E-state index in [9.17, 15) is 9.18 Å². The molecule has 5 nitrogen and oxygen atoms in total. The summed E-state index contributed by atoms with van der Waals surface area (Å²) in [4.78, 5) is 13.8. The van der Waals surface area contributed by atoms with Crippen LogP contribution in [0.3, 0.4) is 0 Å². The SMILES string of the molecule is O=C(c1ccc2nonc2c1)N1CC=C(F)CC1. The van der Waals surface area contributed by atoms with Crippen LogP contribution in [-0.4, -0.2) is 34.2 Å². The lowest BCUT2D eigenvalue weighted by Gasteiger charge is -2.24. The highest BCUT2D eigenvalue weighted by Gasteiger charge is 2.19. The number of halogens is 1. The number of carbonyl (C=O) groups is 1. The van der Waals surface area contributed by atoms with Crippen molar-refractivity contribution in [3.8, 4) is 0 Å². The van der Waals surface area contributed by atoms with E-state index >= 15 is 0 Å². The average Bonchev–Trinajstić information content (AvgIpc) is 2.86. The van der Waals surface area contributed by atoms with Crippen LogP contribution in [0, 0.1) is 0 Å². The van der Waals surface area contributed by atoms with Gasteiger partial charge in [0.2, 0.25) is 0 Å². The maximum absolute atomic E-state index is 12.9. The number of hydrogen-bond donors (Lipinski definition) is 0. The van der Waals surface area contributed by atoms with Gasteiger partial charge in [0.05, 0.1) is 5.83 Å². The number of benzene rings is 1. The Balaban J connectivity index is 1.87. The van der Waals surface area contributed by atoms with Crippen molar-refractivity contribution in [3.63, 3.8) is 0 Å². The summed E-state index contributed by atoms with van der Waals surface area (Å²) >= 11 is 0. The fourth-order valence-electron chi connectivity index (χ4n) is 1.93. The van der Waals surface area contributed by atoms with Crippen molar-refractivity contribution in [2.45, 2.75) is 6.42 Å². The standard InChI is InChI=1S/C12H10FN3O2/c13-9-3-5-16(6-4-9)12(17)8-1-2-10-11(7-8)15-18-14-10/h1-3,7H,4-6H2. The van der Waals surface area contributed by atoms with Gasteiger partial charge < -0.3 is 4.90 Å². The van der Waals surface area contributed by atoms with Crippen LogP contribution in [0.5, 0.6) is 0 Å². The van der Waals surface area contributed by atoms with E-state index < -0.39 is 0 Å². The van der Waals surface area contributed by atoms with Crippen LogP contribution in [0.4, 0.5) is 4.39 Å². The van der Waals surface area contributed by atoms with Gasteiger partial charge in [-0.2, -0.15) is 0 Å². The van der Waals surface area contributed by atoms with Crippen LogP contribution >= 0.6 is 0 Å². The Hall–Kier alpha value is -2.24. The first-order valence-corrected chi connectivity index (χ1v) is 5.60. The van der Waals surface area contributed by atoms with Crippen molar-refractivity contribution >= 4 is 16.9 Å². The molecule has 6 heteroatoms. The number of hydrogen-bond acceptors (Lipinski definition) is 4. The minimum atomic E-state index is -0.157. The number of carbonyl (C=O) groups excluding carboxylic acids is 1. The predicted molar refractivity (Wildman–Crippen MR) is 61.5 cm³/mol. The van der Waals surface area contributed by atoms with E-state index in [2.05, 4.69) is 14.9 Å². The molecule has 1 aromatic carbocycles. The second kappa shape index (κ2) is 4.21. The van der Waals surface area contributed by atoms with Crippen molar-refractivity contribution in [1.82, 2.24) is 15.2 Å². The van der Waals surface area contributed by atoms with Gasteiger partial charge in [-0.15, -0.1) is 0 Å². The highest BCUT2D eigenvalue weighted by Crippen LogP contribution is 2.17. The molecule has 0 saturated carbocycles. The summed E-state index contributed by atoms with van der Waals surface area (Å²) < 4.78 is 17.5. The molecule has 2 heterocycles. The molecule has 18 heavy (non-hydrogen) atoms. The topological polar surface area (TPSA) is 59.2 Å². The van der Waals surface area contributed by atoms with E-state index in [-0.39, 0.29) is 18.2 Å². The third-order valence-electron chi connectivity index (χ3n) is 2.94. The molecule has 0 radical (unpaired) electrons. The smallest absolute Gasteiger partial charge is 0.254 e. The molecule has 0 fully saturated rings. The number of fused-ring (bicyclic) bond motifs is 1. The van der Waals surface area contributed by atoms with Crippen LogP contribution in [0.2, 0.25) is 0 Å².